The molecule has 4 aromatic heterocycles. The second kappa shape index (κ2) is 29.1. The number of para-hydroxylation sites is 1. The van der Waals surface area contributed by atoms with E-state index in [1.54, 1.807) is 23.5 Å². The van der Waals surface area contributed by atoms with Gasteiger partial charge >= 0.3 is 5.97 Å². The molecule has 7 aromatic rings. The number of unbranched alkanes of at least 4 members (excludes halogenated alkanes) is 3. The Morgan fingerprint density at radius 3 is 2.39 bits per heavy atom. The molecule has 24 heteroatoms. The second-order valence-corrected chi connectivity index (χ2v) is 26.8. The molecule has 3 aliphatic heterocycles. The van der Waals surface area contributed by atoms with E-state index < -0.39 is 41.3 Å². The van der Waals surface area contributed by atoms with Crippen LogP contribution < -0.4 is 25.6 Å². The highest BCUT2D eigenvalue weighted by Gasteiger charge is 2.45. The minimum atomic E-state index is -1.13. The van der Waals surface area contributed by atoms with Crippen LogP contribution >= 0.6 is 34.0 Å². The molecular formula is C65H75FN12O8S3. The lowest BCUT2D eigenvalue weighted by Gasteiger charge is -2.35. The zero-order chi connectivity index (χ0) is 62.8. The number of aromatic nitrogens is 5. The maximum atomic E-state index is 15.2. The van der Waals surface area contributed by atoms with Crippen LogP contribution in [0.15, 0.2) is 78.3 Å². The number of nitrogens with zero attached hydrogens (tertiary/aromatic N) is 9. The number of aliphatic hydroxyl groups excluding tert-OH is 1. The fourth-order valence-electron chi connectivity index (χ4n) is 11.3. The van der Waals surface area contributed by atoms with Gasteiger partial charge in [0, 0.05) is 74.5 Å². The maximum absolute atomic E-state index is 15.2. The van der Waals surface area contributed by atoms with Crippen molar-refractivity contribution in [3.63, 3.8) is 0 Å². The number of rotatable bonds is 23. The summed E-state index contributed by atoms with van der Waals surface area (Å²) in [6.07, 6.45) is 5.02. The smallest absolute Gasteiger partial charge is 0.355 e. The molecule has 4 amide bonds. The van der Waals surface area contributed by atoms with Gasteiger partial charge in [-0.2, -0.15) is 0 Å². The van der Waals surface area contributed by atoms with Crippen molar-refractivity contribution in [3.8, 4) is 28.0 Å². The van der Waals surface area contributed by atoms with Crippen molar-refractivity contribution in [2.45, 2.75) is 129 Å². The summed E-state index contributed by atoms with van der Waals surface area (Å²) in [6.45, 7) is 13.1. The molecule has 89 heavy (non-hydrogen) atoms. The molecule has 468 valence electrons. The van der Waals surface area contributed by atoms with E-state index >= 15 is 4.39 Å². The van der Waals surface area contributed by atoms with E-state index in [0.29, 0.717) is 98.6 Å². The molecule has 0 radical (unpaired) electrons. The number of thiazole rings is 3. The summed E-state index contributed by atoms with van der Waals surface area (Å²) >= 11 is 4.40. The van der Waals surface area contributed by atoms with Gasteiger partial charge in [0.15, 0.2) is 39.2 Å². The molecule has 0 aliphatic carbocycles. The molecule has 3 aromatic carbocycles. The highest BCUT2D eigenvalue weighted by Crippen LogP contribution is 2.38. The van der Waals surface area contributed by atoms with E-state index in [9.17, 15) is 34.2 Å². The number of halogens is 1. The third-order valence-corrected chi connectivity index (χ3v) is 19.3. The minimum Gasteiger partial charge on any atom is -0.491 e. The molecule has 7 heterocycles. The third-order valence-electron chi connectivity index (χ3n) is 16.2. The zero-order valence-corrected chi connectivity index (χ0v) is 53.2. The van der Waals surface area contributed by atoms with Crippen LogP contribution in [0.5, 0.6) is 5.75 Å². The summed E-state index contributed by atoms with van der Waals surface area (Å²) in [6, 6.07) is 20.2. The standard InChI is InChI=1S/C65H75FN12O8S3/c1-40(43-23-25-44(26-24-43)57-41(2)67-39-87-57)68-60(82)49-37-46(79)38-78(49)61(83)58(65(3,4)5)71-54(80)20-8-6-7-9-21-55(81)76-32-30-75(31-33-76)28-12-15-42-22-27-50(47(66)35-42)86-34-14-19-52-56(62(84)85)72-64(89-52)77-29-13-16-45-36-53(73-74-59(45)77)70-63-69-48-17-10-11-18-51(48)88-63/h10-11,17-18,22-27,35-36,39-40,46,49,58,79H,6-9,13-14,16,19-21,28-34,37-38H2,1-5H3,(H,68,82)(H,71,80)(H,84,85)(H,69,70,73)/t40-,46+,49?,58-/m0/s1. The lowest BCUT2D eigenvalue weighted by molar-refractivity contribution is -0.144. The quantitative estimate of drug-likeness (QED) is 0.0295. The van der Waals surface area contributed by atoms with Crippen LogP contribution in [-0.2, 0) is 32.0 Å². The lowest BCUT2D eigenvalue weighted by atomic mass is 9.85. The molecule has 10 rings (SSSR count). The summed E-state index contributed by atoms with van der Waals surface area (Å²) in [4.78, 5) is 89.2. The van der Waals surface area contributed by atoms with Gasteiger partial charge in [0.1, 0.15) is 12.1 Å². The van der Waals surface area contributed by atoms with E-state index in [1.807, 2.05) is 105 Å². The van der Waals surface area contributed by atoms with Gasteiger partial charge in [-0.3, -0.25) is 24.1 Å². The summed E-state index contributed by atoms with van der Waals surface area (Å²) < 4.78 is 22.1. The summed E-state index contributed by atoms with van der Waals surface area (Å²) in [5.41, 5.74) is 6.39. The number of likely N-dealkylation sites (tertiary alicyclic amines) is 1. The van der Waals surface area contributed by atoms with Crippen LogP contribution in [0.2, 0.25) is 0 Å². The van der Waals surface area contributed by atoms with Crippen molar-refractivity contribution in [2.75, 3.05) is 62.6 Å². The van der Waals surface area contributed by atoms with Crippen LogP contribution in [0.1, 0.15) is 129 Å². The Morgan fingerprint density at radius 2 is 1.66 bits per heavy atom. The van der Waals surface area contributed by atoms with Gasteiger partial charge in [-0.1, -0.05) is 93.2 Å². The first-order valence-electron chi connectivity index (χ1n) is 30.3. The van der Waals surface area contributed by atoms with E-state index in [-0.39, 0.29) is 61.2 Å². The number of fused-ring (bicyclic) bond motifs is 2. The number of aliphatic hydroxyl groups is 1. The van der Waals surface area contributed by atoms with Gasteiger partial charge in [-0.25, -0.2) is 24.1 Å². The van der Waals surface area contributed by atoms with Crippen molar-refractivity contribution in [3.05, 3.63) is 117 Å². The molecule has 20 nitrogen and oxygen atoms in total. The number of aromatic carboxylic acids is 1. The number of carboxylic acids is 1. The van der Waals surface area contributed by atoms with Gasteiger partial charge in [0.2, 0.25) is 23.6 Å². The van der Waals surface area contributed by atoms with Gasteiger partial charge in [0.25, 0.3) is 0 Å². The van der Waals surface area contributed by atoms with E-state index in [4.69, 9.17) is 4.74 Å². The number of carbonyl (C=O) groups excluding carboxylic acids is 4. The first-order chi connectivity index (χ1) is 42.8. The Bertz CT molecular complexity index is 3700. The minimum absolute atomic E-state index is 0.0106. The third kappa shape index (κ3) is 16.3. The number of aryl methyl sites for hydroxylation is 3. The van der Waals surface area contributed by atoms with Gasteiger partial charge in [-0.15, -0.1) is 32.9 Å². The van der Waals surface area contributed by atoms with Crippen LogP contribution in [0.3, 0.4) is 0 Å². The first-order valence-corrected chi connectivity index (χ1v) is 32.9. The number of ether oxygens (including phenoxy) is 1. The largest absolute Gasteiger partial charge is 0.491 e. The Kier molecular flexibility index (Phi) is 21.0. The first kappa shape index (κ1) is 64.0. The van der Waals surface area contributed by atoms with Gasteiger partial charge in [0.05, 0.1) is 51.6 Å². The molecule has 0 bridgehead atoms. The van der Waals surface area contributed by atoms with Gasteiger partial charge in [-0.05, 0) is 105 Å². The Balaban J connectivity index is 0.601. The fourth-order valence-corrected chi connectivity index (χ4v) is 14.1. The molecule has 2 saturated heterocycles. The summed E-state index contributed by atoms with van der Waals surface area (Å²) in [7, 11) is 0. The average Bonchev–Trinajstić information content (AvgIpc) is 1.85. The topological polar surface area (TPSA) is 249 Å². The average molecular weight is 1270 g/mol. The Morgan fingerprint density at radius 1 is 0.888 bits per heavy atom. The zero-order valence-electron chi connectivity index (χ0n) is 50.7. The number of β-amino-alcohol motifs (C(OH)–C–C–N with tert-alkyl or cyclic N) is 1. The highest BCUT2D eigenvalue weighted by atomic mass is 32.1. The predicted octanol–water partition coefficient (Wildman–Crippen LogP) is 9.86. The molecule has 0 saturated carbocycles. The van der Waals surface area contributed by atoms with Crippen molar-refractivity contribution in [2.24, 2.45) is 5.41 Å². The van der Waals surface area contributed by atoms with Crippen molar-refractivity contribution >= 4 is 95.7 Å². The molecule has 0 spiro atoms. The molecule has 3 aliphatic rings. The molecule has 4 atom stereocenters. The van der Waals surface area contributed by atoms with E-state index in [0.717, 1.165) is 68.3 Å². The van der Waals surface area contributed by atoms with Crippen LogP contribution in [0, 0.1) is 30.0 Å². The second-order valence-electron chi connectivity index (χ2n) is 23.9. The number of carboxylic acid groups (broad SMARTS) is 1. The predicted molar refractivity (Wildman–Crippen MR) is 344 cm³/mol. The highest BCUT2D eigenvalue weighted by molar-refractivity contribution is 7.22. The SMILES string of the molecule is Cc1ncsc1-c1ccc([C@H](C)NC(=O)C2C[C@@H](O)CN2C(=O)[C@H](NC(=O)CCCCCCC(=O)N2CCN(CC#Cc3ccc(OCCCc4sc(N5CCCc6cc(Nc7nc8ccccc8s7)nnc65)nc4C(=O)O)c(F)c3)CC2)C(C)(C)C)cc1. The number of anilines is 4. The van der Waals surface area contributed by atoms with Crippen molar-refractivity contribution < 1.29 is 43.3 Å². The number of hydrogen-bond acceptors (Lipinski definition) is 18. The number of nitrogens with one attached hydrogen (secondary N) is 3. The molecular weight excluding hydrogens is 1190 g/mol. The molecule has 5 N–H and O–H groups in total. The molecule has 2 fully saturated rings. The fraction of sp³-hybridized carbons (Fsp3) is 0.446. The summed E-state index contributed by atoms with van der Waals surface area (Å²) in [5, 5.41) is 40.2. The van der Waals surface area contributed by atoms with Crippen molar-refractivity contribution in [1.29, 1.82) is 0 Å². The Hall–Kier alpha value is -7.95. The number of benzene rings is 3. The normalized spacial score (nSPS) is 16.7. The Labute approximate surface area is 529 Å². The lowest BCUT2D eigenvalue weighted by Crippen LogP contribution is -2.57. The van der Waals surface area contributed by atoms with E-state index in [2.05, 4.69) is 57.8 Å². The van der Waals surface area contributed by atoms with Crippen molar-refractivity contribution in [1.82, 2.24) is 50.5 Å². The van der Waals surface area contributed by atoms with Crippen LogP contribution in [0.25, 0.3) is 20.7 Å². The number of hydrogen-bond donors (Lipinski definition) is 5. The van der Waals surface area contributed by atoms with Crippen LogP contribution in [0.4, 0.5) is 26.3 Å². The number of carbonyl (C=O) groups is 5. The molecule has 1 unspecified atom stereocenters. The maximum Gasteiger partial charge on any atom is 0.355 e. The monoisotopic (exact) mass is 1270 g/mol. The number of amides is 4. The van der Waals surface area contributed by atoms with Crippen LogP contribution in [-0.4, -0.2) is 150 Å². The summed E-state index contributed by atoms with van der Waals surface area (Å²) in [5.74, 6) is 4.85. The number of piperazine rings is 1. The van der Waals surface area contributed by atoms with Gasteiger partial charge < -0.3 is 45.6 Å². The van der Waals surface area contributed by atoms with E-state index in [1.165, 1.54) is 33.6 Å².